The summed E-state index contributed by atoms with van der Waals surface area (Å²) in [4.78, 5) is 14.0. The monoisotopic (exact) mass is 285 g/mol. The molecule has 2 rings (SSSR count). The van der Waals surface area contributed by atoms with Gasteiger partial charge in [0.25, 0.3) is 5.91 Å². The van der Waals surface area contributed by atoms with Crippen LogP contribution in [-0.4, -0.2) is 25.0 Å². The van der Waals surface area contributed by atoms with Crippen LogP contribution in [0.2, 0.25) is 0 Å². The predicted octanol–water partition coefficient (Wildman–Crippen LogP) is 2.13. The number of carbonyl (C=O) groups is 1. The molecule has 4 N–H and O–H groups in total. The van der Waals surface area contributed by atoms with Crippen LogP contribution in [0.1, 0.15) is 15.9 Å². The van der Waals surface area contributed by atoms with Gasteiger partial charge >= 0.3 is 0 Å². The molecule has 0 bridgehead atoms. The Balaban J connectivity index is 2.11. The van der Waals surface area contributed by atoms with Crippen LogP contribution in [0.25, 0.3) is 0 Å². The van der Waals surface area contributed by atoms with Crippen molar-refractivity contribution in [1.29, 1.82) is 0 Å². The zero-order valence-corrected chi connectivity index (χ0v) is 12.2. The smallest absolute Gasteiger partial charge is 0.255 e. The van der Waals surface area contributed by atoms with Crippen LogP contribution in [0.3, 0.4) is 0 Å². The van der Waals surface area contributed by atoms with E-state index in [1.807, 2.05) is 24.3 Å². The first-order valence-corrected chi connectivity index (χ1v) is 6.54. The van der Waals surface area contributed by atoms with Gasteiger partial charge in [-0.05, 0) is 35.9 Å². The minimum absolute atomic E-state index is 0.136. The second-order valence-corrected chi connectivity index (χ2v) is 4.86. The van der Waals surface area contributed by atoms with Gasteiger partial charge in [0.05, 0.1) is 12.7 Å². The van der Waals surface area contributed by atoms with Crippen molar-refractivity contribution in [2.24, 2.45) is 0 Å². The van der Waals surface area contributed by atoms with Crippen LogP contribution in [0.5, 0.6) is 5.75 Å². The van der Waals surface area contributed by atoms with E-state index in [0.29, 0.717) is 23.5 Å². The van der Waals surface area contributed by atoms with Gasteiger partial charge in [0.15, 0.2) is 0 Å². The minimum atomic E-state index is -0.136. The molecule has 2 aromatic rings. The van der Waals surface area contributed by atoms with Crippen LogP contribution >= 0.6 is 0 Å². The summed E-state index contributed by atoms with van der Waals surface area (Å²) in [5.74, 6) is 0.652. The van der Waals surface area contributed by atoms with E-state index in [0.717, 1.165) is 11.3 Å². The Bertz CT molecular complexity index is 638. The van der Waals surface area contributed by atoms with Gasteiger partial charge in [0.1, 0.15) is 5.75 Å². The van der Waals surface area contributed by atoms with E-state index in [1.165, 1.54) is 0 Å². The maximum absolute atomic E-state index is 12.4. The summed E-state index contributed by atoms with van der Waals surface area (Å²) < 4.78 is 5.11. The Morgan fingerprint density at radius 1 is 1.14 bits per heavy atom. The number of anilines is 2. The molecule has 0 fully saturated rings. The molecule has 0 radical (unpaired) electrons. The van der Waals surface area contributed by atoms with E-state index < -0.39 is 0 Å². The number of benzene rings is 2. The second-order valence-electron chi connectivity index (χ2n) is 4.86. The normalized spacial score (nSPS) is 10.2. The Hall–Kier alpha value is -2.69. The van der Waals surface area contributed by atoms with Crippen LogP contribution in [0.4, 0.5) is 11.4 Å². The number of hydrogen-bond donors (Lipinski definition) is 2. The summed E-state index contributed by atoms with van der Waals surface area (Å²) in [5.41, 5.74) is 13.9. The van der Waals surface area contributed by atoms with E-state index in [2.05, 4.69) is 0 Å². The molecule has 110 valence electrons. The zero-order chi connectivity index (χ0) is 15.4. The number of amides is 1. The van der Waals surface area contributed by atoms with E-state index in [1.54, 1.807) is 37.3 Å². The molecule has 5 heteroatoms. The molecule has 0 spiro atoms. The third kappa shape index (κ3) is 3.45. The first-order valence-electron chi connectivity index (χ1n) is 6.54. The van der Waals surface area contributed by atoms with Gasteiger partial charge in [-0.15, -0.1) is 0 Å². The molecule has 1 amide bonds. The van der Waals surface area contributed by atoms with Crippen molar-refractivity contribution in [3.63, 3.8) is 0 Å². The van der Waals surface area contributed by atoms with E-state index in [-0.39, 0.29) is 5.91 Å². The predicted molar refractivity (Wildman–Crippen MR) is 84.1 cm³/mol. The number of methoxy groups -OCH3 is 1. The lowest BCUT2D eigenvalue weighted by atomic mass is 10.1. The maximum Gasteiger partial charge on any atom is 0.255 e. The summed E-state index contributed by atoms with van der Waals surface area (Å²) in [5, 5.41) is 0. The minimum Gasteiger partial charge on any atom is -0.497 e. The average molecular weight is 285 g/mol. The molecule has 0 unspecified atom stereocenters. The lowest BCUT2D eigenvalue weighted by Crippen LogP contribution is -2.27. The fourth-order valence-corrected chi connectivity index (χ4v) is 2.06. The number of nitrogens with zero attached hydrogens (tertiary/aromatic N) is 1. The lowest BCUT2D eigenvalue weighted by Gasteiger charge is -2.18. The van der Waals surface area contributed by atoms with Gasteiger partial charge in [0, 0.05) is 25.0 Å². The quantitative estimate of drug-likeness (QED) is 0.843. The Morgan fingerprint density at radius 2 is 1.81 bits per heavy atom. The fourth-order valence-electron chi connectivity index (χ4n) is 2.06. The highest BCUT2D eigenvalue weighted by atomic mass is 16.5. The van der Waals surface area contributed by atoms with Crippen molar-refractivity contribution in [3.05, 3.63) is 53.6 Å². The highest BCUT2D eigenvalue weighted by Gasteiger charge is 2.15. The highest BCUT2D eigenvalue weighted by molar-refractivity contribution is 5.99. The fraction of sp³-hybridized carbons (Fsp3) is 0.188. The summed E-state index contributed by atoms with van der Waals surface area (Å²) in [6.07, 6.45) is 0. The van der Waals surface area contributed by atoms with Crippen molar-refractivity contribution in [3.8, 4) is 5.75 Å². The number of ether oxygens (including phenoxy) is 1. The molecule has 0 aliphatic carbocycles. The third-order valence-electron chi connectivity index (χ3n) is 3.23. The molecule has 0 atom stereocenters. The largest absolute Gasteiger partial charge is 0.497 e. The van der Waals surface area contributed by atoms with Gasteiger partial charge in [-0.2, -0.15) is 0 Å². The number of nitrogens with two attached hydrogens (primary N) is 2. The molecule has 0 heterocycles. The van der Waals surface area contributed by atoms with Crippen molar-refractivity contribution >= 4 is 17.3 Å². The molecule has 0 aromatic heterocycles. The molecule has 0 aliphatic rings. The third-order valence-corrected chi connectivity index (χ3v) is 3.23. The molecule has 0 saturated carbocycles. The summed E-state index contributed by atoms with van der Waals surface area (Å²) in [7, 11) is 3.36. The van der Waals surface area contributed by atoms with Gasteiger partial charge in [0.2, 0.25) is 0 Å². The van der Waals surface area contributed by atoms with E-state index >= 15 is 0 Å². The van der Waals surface area contributed by atoms with Crippen molar-refractivity contribution in [2.75, 3.05) is 25.6 Å². The highest BCUT2D eigenvalue weighted by Crippen LogP contribution is 2.19. The second kappa shape index (κ2) is 6.17. The van der Waals surface area contributed by atoms with Gasteiger partial charge in [-0.3, -0.25) is 4.79 Å². The first kappa shape index (κ1) is 14.7. The van der Waals surface area contributed by atoms with Crippen molar-refractivity contribution in [2.45, 2.75) is 6.54 Å². The number of carbonyl (C=O) groups excluding carboxylic acids is 1. The van der Waals surface area contributed by atoms with Crippen molar-refractivity contribution in [1.82, 2.24) is 4.90 Å². The van der Waals surface area contributed by atoms with E-state index in [4.69, 9.17) is 16.2 Å². The Morgan fingerprint density at radius 3 is 2.38 bits per heavy atom. The summed E-state index contributed by atoms with van der Waals surface area (Å²) >= 11 is 0. The Kier molecular flexibility index (Phi) is 4.33. The van der Waals surface area contributed by atoms with Gasteiger partial charge in [-0.25, -0.2) is 0 Å². The molecular formula is C16H19N3O2. The van der Waals surface area contributed by atoms with Gasteiger partial charge < -0.3 is 21.1 Å². The number of rotatable bonds is 4. The van der Waals surface area contributed by atoms with Gasteiger partial charge in [-0.1, -0.05) is 12.1 Å². The van der Waals surface area contributed by atoms with Crippen LogP contribution in [0, 0.1) is 0 Å². The Labute approximate surface area is 124 Å². The summed E-state index contributed by atoms with van der Waals surface area (Å²) in [6.45, 7) is 0.493. The summed E-state index contributed by atoms with van der Waals surface area (Å²) in [6, 6.07) is 12.5. The topological polar surface area (TPSA) is 81.6 Å². The molecule has 0 saturated heterocycles. The van der Waals surface area contributed by atoms with Crippen molar-refractivity contribution < 1.29 is 9.53 Å². The molecule has 5 nitrogen and oxygen atoms in total. The zero-order valence-electron chi connectivity index (χ0n) is 12.2. The molecular weight excluding hydrogens is 266 g/mol. The molecule has 0 aliphatic heterocycles. The number of nitrogen functional groups attached to an aromatic ring is 2. The SMILES string of the molecule is COc1ccc(CN(C)C(=O)c2ccc(N)cc2N)cc1. The average Bonchev–Trinajstić information content (AvgIpc) is 2.47. The first-order chi connectivity index (χ1) is 10.0. The number of hydrogen-bond acceptors (Lipinski definition) is 4. The van der Waals surface area contributed by atoms with Crippen LogP contribution in [0.15, 0.2) is 42.5 Å². The standard InChI is InChI=1S/C16H19N3O2/c1-19(10-11-3-6-13(21-2)7-4-11)16(20)14-8-5-12(17)9-15(14)18/h3-9H,10,17-18H2,1-2H3. The van der Waals surface area contributed by atoms with E-state index in [9.17, 15) is 4.79 Å². The van der Waals surface area contributed by atoms with Crippen LogP contribution < -0.4 is 16.2 Å². The molecule has 21 heavy (non-hydrogen) atoms. The maximum atomic E-state index is 12.4. The van der Waals surface area contributed by atoms with Crippen LogP contribution in [-0.2, 0) is 6.54 Å². The lowest BCUT2D eigenvalue weighted by molar-refractivity contribution is 0.0786. The molecule has 2 aromatic carbocycles.